The van der Waals surface area contributed by atoms with Gasteiger partial charge in [-0.1, -0.05) is 41.4 Å². The molecule has 1 aromatic heterocycles. The van der Waals surface area contributed by atoms with E-state index in [2.05, 4.69) is 15.7 Å². The Hall–Kier alpha value is -2.15. The summed E-state index contributed by atoms with van der Waals surface area (Å²) >= 11 is 17.2. The summed E-state index contributed by atoms with van der Waals surface area (Å²) in [6, 6.07) is 13.5. The van der Waals surface area contributed by atoms with Gasteiger partial charge in [-0.3, -0.25) is 4.68 Å². The van der Waals surface area contributed by atoms with Gasteiger partial charge >= 0.3 is 0 Å². The molecule has 0 fully saturated rings. The number of nitrogens with one attached hydrogen (secondary N) is 2. The number of rotatable bonds is 5. The molecule has 2 N–H and O–H groups in total. The lowest BCUT2D eigenvalue weighted by Crippen LogP contribution is -2.28. The number of benzene rings is 2. The van der Waals surface area contributed by atoms with Crippen LogP contribution in [0.25, 0.3) is 0 Å². The SMILES string of the molecule is Fc1ccc(CNC(=S)Nc2ccn(Cc3ccc(Cl)c(Cl)c3)n2)cc1. The van der Waals surface area contributed by atoms with E-state index < -0.39 is 0 Å². The minimum absolute atomic E-state index is 0.262. The van der Waals surface area contributed by atoms with Gasteiger partial charge in [0.15, 0.2) is 10.9 Å². The maximum absolute atomic E-state index is 12.9. The van der Waals surface area contributed by atoms with Crippen LogP contribution in [0.3, 0.4) is 0 Å². The predicted octanol–water partition coefficient (Wildman–Crippen LogP) is 4.86. The van der Waals surface area contributed by atoms with Crippen molar-refractivity contribution >= 4 is 46.4 Å². The second-order valence-corrected chi connectivity index (χ2v) is 6.80. The molecule has 0 aliphatic heterocycles. The van der Waals surface area contributed by atoms with Gasteiger partial charge in [0.1, 0.15) is 5.82 Å². The Kier molecular flexibility index (Phi) is 6.08. The van der Waals surface area contributed by atoms with Crippen LogP contribution in [0.5, 0.6) is 0 Å². The zero-order chi connectivity index (χ0) is 18.5. The first-order valence-corrected chi connectivity index (χ1v) is 8.93. The van der Waals surface area contributed by atoms with E-state index in [1.165, 1.54) is 12.1 Å². The van der Waals surface area contributed by atoms with Crippen molar-refractivity contribution in [2.24, 2.45) is 0 Å². The Balaban J connectivity index is 1.53. The second kappa shape index (κ2) is 8.49. The van der Waals surface area contributed by atoms with E-state index in [-0.39, 0.29) is 5.82 Å². The molecule has 0 unspecified atom stereocenters. The smallest absolute Gasteiger partial charge is 0.172 e. The highest BCUT2D eigenvalue weighted by Crippen LogP contribution is 2.23. The summed E-state index contributed by atoms with van der Waals surface area (Å²) < 4.78 is 14.7. The monoisotopic (exact) mass is 408 g/mol. The molecule has 1 heterocycles. The van der Waals surface area contributed by atoms with E-state index in [0.29, 0.717) is 34.1 Å². The first-order valence-electron chi connectivity index (χ1n) is 7.76. The second-order valence-electron chi connectivity index (χ2n) is 5.58. The lowest BCUT2D eigenvalue weighted by Gasteiger charge is -2.09. The van der Waals surface area contributed by atoms with Gasteiger partial charge in [0.25, 0.3) is 0 Å². The molecule has 134 valence electrons. The third kappa shape index (κ3) is 5.17. The fourth-order valence-corrected chi connectivity index (χ4v) is 2.78. The molecule has 4 nitrogen and oxygen atoms in total. The Bertz CT molecular complexity index is 912. The Morgan fingerprint density at radius 2 is 1.77 bits per heavy atom. The van der Waals surface area contributed by atoms with Crippen LogP contribution in [0.15, 0.2) is 54.7 Å². The van der Waals surface area contributed by atoms with Crippen LogP contribution < -0.4 is 10.6 Å². The summed E-state index contributed by atoms with van der Waals surface area (Å²) in [6.45, 7) is 1.06. The minimum Gasteiger partial charge on any atom is -0.358 e. The molecule has 26 heavy (non-hydrogen) atoms. The molecule has 0 spiro atoms. The van der Waals surface area contributed by atoms with E-state index in [1.807, 2.05) is 24.4 Å². The number of anilines is 1. The highest BCUT2D eigenvalue weighted by Gasteiger charge is 2.04. The lowest BCUT2D eigenvalue weighted by molar-refractivity contribution is 0.627. The van der Waals surface area contributed by atoms with E-state index in [1.54, 1.807) is 22.9 Å². The highest BCUT2D eigenvalue weighted by atomic mass is 35.5. The maximum Gasteiger partial charge on any atom is 0.172 e. The fourth-order valence-electron chi connectivity index (χ4n) is 2.29. The molecular weight excluding hydrogens is 394 g/mol. The van der Waals surface area contributed by atoms with Gasteiger partial charge < -0.3 is 10.6 Å². The van der Waals surface area contributed by atoms with Crippen LogP contribution in [0.2, 0.25) is 10.0 Å². The minimum atomic E-state index is -0.262. The summed E-state index contributed by atoms with van der Waals surface area (Å²) in [5, 5.41) is 12.0. The molecule has 0 aliphatic rings. The quantitative estimate of drug-likeness (QED) is 0.591. The fraction of sp³-hybridized carbons (Fsp3) is 0.111. The number of hydrogen-bond acceptors (Lipinski definition) is 2. The van der Waals surface area contributed by atoms with Gasteiger partial charge in [0.05, 0.1) is 16.6 Å². The van der Waals surface area contributed by atoms with Gasteiger partial charge in [-0.2, -0.15) is 5.10 Å². The lowest BCUT2D eigenvalue weighted by atomic mass is 10.2. The number of thiocarbonyl (C=S) groups is 1. The van der Waals surface area contributed by atoms with Crippen molar-refractivity contribution in [1.82, 2.24) is 15.1 Å². The summed E-state index contributed by atoms with van der Waals surface area (Å²) in [7, 11) is 0. The predicted molar refractivity (Wildman–Crippen MR) is 107 cm³/mol. The molecule has 3 aromatic rings. The average molecular weight is 409 g/mol. The first kappa shape index (κ1) is 18.6. The molecule has 0 saturated carbocycles. The first-order chi connectivity index (χ1) is 12.5. The van der Waals surface area contributed by atoms with Crippen molar-refractivity contribution in [1.29, 1.82) is 0 Å². The largest absolute Gasteiger partial charge is 0.358 e. The topological polar surface area (TPSA) is 41.9 Å². The molecule has 0 atom stereocenters. The Morgan fingerprint density at radius 1 is 1.04 bits per heavy atom. The van der Waals surface area contributed by atoms with Crippen LogP contribution in [0.1, 0.15) is 11.1 Å². The van der Waals surface area contributed by atoms with E-state index in [0.717, 1.165) is 11.1 Å². The molecular formula is C18H15Cl2FN4S. The van der Waals surface area contributed by atoms with Crippen molar-refractivity contribution < 1.29 is 4.39 Å². The summed E-state index contributed by atoms with van der Waals surface area (Å²) in [5.74, 6) is 0.364. The molecule has 8 heteroatoms. The number of nitrogens with zero attached hydrogens (tertiary/aromatic N) is 2. The van der Waals surface area contributed by atoms with Gasteiger partial charge in [-0.05, 0) is 47.6 Å². The zero-order valence-electron chi connectivity index (χ0n) is 13.5. The molecule has 0 amide bonds. The van der Waals surface area contributed by atoms with Gasteiger partial charge in [0, 0.05) is 18.8 Å². The zero-order valence-corrected chi connectivity index (χ0v) is 15.9. The van der Waals surface area contributed by atoms with E-state index in [9.17, 15) is 4.39 Å². The molecule has 3 rings (SSSR count). The maximum atomic E-state index is 12.9. The number of aromatic nitrogens is 2. The summed E-state index contributed by atoms with van der Waals surface area (Å²) in [4.78, 5) is 0. The van der Waals surface area contributed by atoms with Crippen molar-refractivity contribution in [3.8, 4) is 0 Å². The van der Waals surface area contributed by atoms with Crippen LogP contribution in [-0.4, -0.2) is 14.9 Å². The van der Waals surface area contributed by atoms with E-state index in [4.69, 9.17) is 35.4 Å². The molecule has 2 aromatic carbocycles. The average Bonchev–Trinajstić information content (AvgIpc) is 3.04. The molecule has 0 radical (unpaired) electrons. The molecule has 0 aliphatic carbocycles. The van der Waals surface area contributed by atoms with Crippen LogP contribution in [-0.2, 0) is 13.1 Å². The van der Waals surface area contributed by atoms with Crippen molar-refractivity contribution in [3.63, 3.8) is 0 Å². The van der Waals surface area contributed by atoms with Crippen LogP contribution in [0, 0.1) is 5.82 Å². The Labute approximate surface area is 165 Å². The van der Waals surface area contributed by atoms with Gasteiger partial charge in [-0.15, -0.1) is 0 Å². The number of halogens is 3. The summed E-state index contributed by atoms with van der Waals surface area (Å²) in [6.07, 6.45) is 1.84. The van der Waals surface area contributed by atoms with Crippen LogP contribution >= 0.6 is 35.4 Å². The van der Waals surface area contributed by atoms with Gasteiger partial charge in [0.2, 0.25) is 0 Å². The third-order valence-electron chi connectivity index (χ3n) is 3.58. The molecule has 0 saturated heterocycles. The van der Waals surface area contributed by atoms with Crippen molar-refractivity contribution in [3.05, 3.63) is 81.7 Å². The third-order valence-corrected chi connectivity index (χ3v) is 4.56. The number of hydrogen-bond donors (Lipinski definition) is 2. The highest BCUT2D eigenvalue weighted by molar-refractivity contribution is 7.80. The summed E-state index contributed by atoms with van der Waals surface area (Å²) in [5.41, 5.74) is 1.92. The van der Waals surface area contributed by atoms with Crippen molar-refractivity contribution in [2.75, 3.05) is 5.32 Å². The molecule has 0 bridgehead atoms. The van der Waals surface area contributed by atoms with Crippen LogP contribution in [0.4, 0.5) is 10.2 Å². The van der Waals surface area contributed by atoms with Gasteiger partial charge in [-0.25, -0.2) is 4.39 Å². The normalized spacial score (nSPS) is 10.6. The Morgan fingerprint density at radius 3 is 2.50 bits per heavy atom. The van der Waals surface area contributed by atoms with Crippen molar-refractivity contribution in [2.45, 2.75) is 13.1 Å². The standard InChI is InChI=1S/C18H15Cl2FN4S/c19-15-6-3-13(9-16(15)20)11-25-8-7-17(24-25)23-18(26)22-10-12-1-4-14(21)5-2-12/h1-9H,10-11H2,(H2,22,23,24,26). The van der Waals surface area contributed by atoms with E-state index >= 15 is 0 Å².